The zero-order valence-electron chi connectivity index (χ0n) is 20.2. The summed E-state index contributed by atoms with van der Waals surface area (Å²) >= 11 is 0. The van der Waals surface area contributed by atoms with Crippen LogP contribution < -0.4 is 10.2 Å². The first kappa shape index (κ1) is 22.1. The van der Waals surface area contributed by atoms with Crippen molar-refractivity contribution in [2.45, 2.75) is 33.1 Å². The molecule has 3 N–H and O–H groups in total. The van der Waals surface area contributed by atoms with Gasteiger partial charge in [0.25, 0.3) is 0 Å². The second-order valence-electron chi connectivity index (χ2n) is 9.46. The third kappa shape index (κ3) is 4.04. The van der Waals surface area contributed by atoms with E-state index in [1.807, 2.05) is 38.2 Å². The molecule has 1 aliphatic rings. The van der Waals surface area contributed by atoms with E-state index in [4.69, 9.17) is 4.98 Å². The fourth-order valence-corrected chi connectivity index (χ4v) is 4.59. The summed E-state index contributed by atoms with van der Waals surface area (Å²) in [5, 5.41) is 11.3. The van der Waals surface area contributed by atoms with Gasteiger partial charge in [-0.25, -0.2) is 15.0 Å². The predicted octanol–water partition coefficient (Wildman–Crippen LogP) is 4.54. The Morgan fingerprint density at radius 1 is 1.03 bits per heavy atom. The molecule has 5 aromatic rings. The first-order chi connectivity index (χ1) is 17.6. The first-order valence-electron chi connectivity index (χ1n) is 12.3. The van der Waals surface area contributed by atoms with Crippen molar-refractivity contribution in [3.63, 3.8) is 0 Å². The Labute approximate surface area is 207 Å². The summed E-state index contributed by atoms with van der Waals surface area (Å²) in [6.45, 7) is 5.78. The highest BCUT2D eigenvalue weighted by Crippen LogP contribution is 2.32. The van der Waals surface area contributed by atoms with E-state index in [0.717, 1.165) is 46.5 Å². The number of hydrogen-bond donors (Lipinski definition) is 3. The summed E-state index contributed by atoms with van der Waals surface area (Å²) in [5.74, 6) is 0.471. The maximum absolute atomic E-state index is 12.1. The fraction of sp³-hybridized carbons (Fsp3) is 0.308. The minimum absolute atomic E-state index is 0.0536. The molecule has 0 aromatic carbocycles. The van der Waals surface area contributed by atoms with Crippen LogP contribution in [0.5, 0.6) is 0 Å². The Hall–Kier alpha value is -4.34. The number of nitrogens with zero attached hydrogens (tertiary/aromatic N) is 6. The molecular formula is C26H27N9O. The third-order valence-electron chi connectivity index (χ3n) is 6.56. The van der Waals surface area contributed by atoms with Gasteiger partial charge in [-0.15, -0.1) is 0 Å². The number of carbonyl (C=O) groups is 1. The van der Waals surface area contributed by atoms with Crippen molar-refractivity contribution in [2.24, 2.45) is 5.92 Å². The minimum atomic E-state index is -0.117. The van der Waals surface area contributed by atoms with Crippen LogP contribution in [0.2, 0.25) is 0 Å². The van der Waals surface area contributed by atoms with Gasteiger partial charge in [-0.2, -0.15) is 5.10 Å². The summed E-state index contributed by atoms with van der Waals surface area (Å²) in [7, 11) is 0. The quantitative estimate of drug-likeness (QED) is 0.336. The van der Waals surface area contributed by atoms with E-state index in [1.54, 1.807) is 18.6 Å². The second kappa shape index (κ2) is 9.03. The molecule has 1 fully saturated rings. The van der Waals surface area contributed by atoms with Crippen LogP contribution in [-0.2, 0) is 4.79 Å². The molecule has 6 rings (SSSR count). The number of piperidine rings is 1. The lowest BCUT2D eigenvalue weighted by molar-refractivity contribution is -0.118. The molecule has 6 heterocycles. The Kier molecular flexibility index (Phi) is 5.55. The highest BCUT2D eigenvalue weighted by Gasteiger charge is 2.20. The minimum Gasteiger partial charge on any atom is -0.370 e. The molecule has 182 valence electrons. The van der Waals surface area contributed by atoms with Gasteiger partial charge in [0, 0.05) is 48.7 Å². The molecule has 0 spiro atoms. The highest BCUT2D eigenvalue weighted by atomic mass is 16.1. The van der Waals surface area contributed by atoms with Crippen molar-refractivity contribution >= 4 is 39.5 Å². The van der Waals surface area contributed by atoms with Gasteiger partial charge in [-0.1, -0.05) is 13.8 Å². The van der Waals surface area contributed by atoms with Crippen LogP contribution in [-0.4, -0.2) is 54.1 Å². The topological polar surface area (TPSA) is 128 Å². The summed E-state index contributed by atoms with van der Waals surface area (Å²) in [4.78, 5) is 36.2. The van der Waals surface area contributed by atoms with Gasteiger partial charge in [0.05, 0.1) is 23.0 Å². The number of pyridine rings is 3. The lowest BCUT2D eigenvalue weighted by Crippen LogP contribution is -2.29. The van der Waals surface area contributed by atoms with E-state index in [0.29, 0.717) is 22.9 Å². The number of aromatic amines is 2. The van der Waals surface area contributed by atoms with Gasteiger partial charge in [0.1, 0.15) is 11.2 Å². The second-order valence-corrected chi connectivity index (χ2v) is 9.46. The number of rotatable bonds is 5. The van der Waals surface area contributed by atoms with Crippen LogP contribution in [0.1, 0.15) is 33.1 Å². The Bertz CT molecular complexity index is 1560. The largest absolute Gasteiger partial charge is 0.370 e. The van der Waals surface area contributed by atoms with Crippen LogP contribution in [0.3, 0.4) is 0 Å². The monoisotopic (exact) mass is 481 g/mol. The molecule has 0 aliphatic carbocycles. The summed E-state index contributed by atoms with van der Waals surface area (Å²) in [5.41, 5.74) is 6.39. The Balaban J connectivity index is 1.38. The van der Waals surface area contributed by atoms with Crippen molar-refractivity contribution in [1.29, 1.82) is 0 Å². The van der Waals surface area contributed by atoms with Gasteiger partial charge in [0.15, 0.2) is 17.1 Å². The van der Waals surface area contributed by atoms with Crippen molar-refractivity contribution < 1.29 is 4.79 Å². The zero-order chi connectivity index (χ0) is 24.6. The molecule has 0 saturated carbocycles. The Morgan fingerprint density at radius 2 is 1.86 bits per heavy atom. The number of amides is 1. The van der Waals surface area contributed by atoms with Gasteiger partial charge in [0.2, 0.25) is 5.91 Å². The lowest BCUT2D eigenvalue weighted by Gasteiger charge is -2.28. The van der Waals surface area contributed by atoms with Crippen molar-refractivity contribution in [1.82, 2.24) is 35.1 Å². The third-order valence-corrected chi connectivity index (χ3v) is 6.56. The molecule has 36 heavy (non-hydrogen) atoms. The average molecular weight is 482 g/mol. The highest BCUT2D eigenvalue weighted by molar-refractivity contribution is 5.96. The molecule has 5 aromatic heterocycles. The number of fused-ring (bicyclic) bond motifs is 2. The summed E-state index contributed by atoms with van der Waals surface area (Å²) < 4.78 is 0. The number of carbonyl (C=O) groups excluding carboxylic acids is 1. The zero-order valence-corrected chi connectivity index (χ0v) is 20.2. The first-order valence-corrected chi connectivity index (χ1v) is 12.3. The molecule has 0 radical (unpaired) electrons. The van der Waals surface area contributed by atoms with E-state index in [2.05, 4.69) is 40.3 Å². The maximum atomic E-state index is 12.1. The van der Waals surface area contributed by atoms with Crippen LogP contribution >= 0.6 is 0 Å². The summed E-state index contributed by atoms with van der Waals surface area (Å²) in [6.07, 6.45) is 10.6. The van der Waals surface area contributed by atoms with E-state index in [1.165, 1.54) is 19.3 Å². The van der Waals surface area contributed by atoms with Gasteiger partial charge in [-0.05, 0) is 37.5 Å². The smallest absolute Gasteiger partial charge is 0.226 e. The average Bonchev–Trinajstić information content (AvgIpc) is 3.53. The van der Waals surface area contributed by atoms with E-state index in [-0.39, 0.29) is 11.8 Å². The van der Waals surface area contributed by atoms with Crippen LogP contribution in [0.4, 0.5) is 11.4 Å². The van der Waals surface area contributed by atoms with Crippen LogP contribution in [0.15, 0.2) is 43.0 Å². The number of nitrogens with one attached hydrogen (secondary N) is 3. The van der Waals surface area contributed by atoms with Gasteiger partial charge in [-0.3, -0.25) is 14.9 Å². The summed E-state index contributed by atoms with van der Waals surface area (Å²) in [6, 6.07) is 5.95. The van der Waals surface area contributed by atoms with Gasteiger partial charge < -0.3 is 15.2 Å². The van der Waals surface area contributed by atoms with Crippen LogP contribution in [0, 0.1) is 5.92 Å². The van der Waals surface area contributed by atoms with E-state index >= 15 is 0 Å². The van der Waals surface area contributed by atoms with Crippen molar-refractivity contribution in [2.75, 3.05) is 23.3 Å². The number of aromatic nitrogens is 7. The normalized spacial score (nSPS) is 14.1. The SMILES string of the molecule is CC(C)C(=O)Nc1cncc(-c2cnc3[nH]nc(-c4nc5c(N6CCCCC6)ccnc5[nH]4)c3c2)c1. The van der Waals surface area contributed by atoms with Crippen LogP contribution in [0.25, 0.3) is 44.8 Å². The predicted molar refractivity (Wildman–Crippen MR) is 140 cm³/mol. The molecule has 1 amide bonds. The fourth-order valence-electron chi connectivity index (χ4n) is 4.59. The molecular weight excluding hydrogens is 454 g/mol. The number of hydrogen-bond acceptors (Lipinski definition) is 7. The molecule has 0 bridgehead atoms. The van der Waals surface area contributed by atoms with E-state index < -0.39 is 0 Å². The molecule has 0 unspecified atom stereocenters. The molecule has 10 heteroatoms. The maximum Gasteiger partial charge on any atom is 0.226 e. The molecule has 10 nitrogen and oxygen atoms in total. The van der Waals surface area contributed by atoms with Gasteiger partial charge >= 0.3 is 0 Å². The molecule has 1 aliphatic heterocycles. The lowest BCUT2D eigenvalue weighted by atomic mass is 10.1. The Morgan fingerprint density at radius 3 is 2.69 bits per heavy atom. The standard InChI is InChI=1S/C26H27N9O/c1-15(2)26(36)30-18-10-16(12-27-14-18)17-11-19-21(33-34-23(19)29-13-17)25-31-22-20(6-7-28-24(22)32-25)35-8-4-3-5-9-35/h6-7,10-15H,3-5,8-9H2,1-2H3,(H,30,36)(H,28,31,32)(H,29,33,34). The number of H-pyrrole nitrogens is 2. The van der Waals surface area contributed by atoms with Crippen molar-refractivity contribution in [3.8, 4) is 22.6 Å². The number of anilines is 2. The molecule has 0 atom stereocenters. The van der Waals surface area contributed by atoms with Crippen molar-refractivity contribution in [3.05, 3.63) is 43.0 Å². The van der Waals surface area contributed by atoms with E-state index in [9.17, 15) is 4.79 Å². The number of imidazole rings is 1. The molecule has 1 saturated heterocycles.